The second kappa shape index (κ2) is 6.22. The van der Waals surface area contributed by atoms with Gasteiger partial charge < -0.3 is 9.47 Å². The van der Waals surface area contributed by atoms with Gasteiger partial charge in [0, 0.05) is 10.6 Å². The van der Waals surface area contributed by atoms with Crippen LogP contribution >= 0.6 is 15.8 Å². The van der Waals surface area contributed by atoms with Gasteiger partial charge in [0.05, 0.1) is 0 Å². The van der Waals surface area contributed by atoms with Gasteiger partial charge in [0.25, 0.3) is 0 Å². The fourth-order valence-corrected chi connectivity index (χ4v) is 8.42. The molecule has 2 atom stereocenters. The van der Waals surface area contributed by atoms with Gasteiger partial charge in [-0.3, -0.25) is 0 Å². The van der Waals surface area contributed by atoms with Crippen molar-refractivity contribution in [3.63, 3.8) is 0 Å². The normalized spacial score (nSPS) is 21.8. The Morgan fingerprint density at radius 2 is 1.04 bits per heavy atom. The highest BCUT2D eigenvalue weighted by atomic mass is 31.1. The van der Waals surface area contributed by atoms with Crippen LogP contribution in [0.2, 0.25) is 0 Å². The van der Waals surface area contributed by atoms with E-state index in [1.54, 1.807) is 0 Å². The van der Waals surface area contributed by atoms with Crippen LogP contribution in [0.5, 0.6) is 11.5 Å². The highest BCUT2D eigenvalue weighted by Gasteiger charge is 2.39. The lowest BCUT2D eigenvalue weighted by molar-refractivity contribution is 0.399. The zero-order chi connectivity index (χ0) is 18.7. The van der Waals surface area contributed by atoms with Crippen LogP contribution in [0.15, 0.2) is 36.4 Å². The molecule has 0 unspecified atom stereocenters. The van der Waals surface area contributed by atoms with E-state index in [1.165, 1.54) is 21.7 Å². The maximum atomic E-state index is 6.12. The summed E-state index contributed by atoms with van der Waals surface area (Å²) in [6, 6.07) is 13.1. The van der Waals surface area contributed by atoms with Gasteiger partial charge in [-0.2, -0.15) is 0 Å². The zero-order valence-corrected chi connectivity index (χ0v) is 18.4. The van der Waals surface area contributed by atoms with Crippen molar-refractivity contribution in [3.8, 4) is 22.6 Å². The second-order valence-electron chi connectivity index (χ2n) is 9.05. The monoisotopic (exact) mass is 386 g/mol. The average Bonchev–Trinajstić information content (AvgIpc) is 3.17. The topological polar surface area (TPSA) is 18.5 Å². The Hall–Kier alpha value is -1.10. The van der Waals surface area contributed by atoms with Gasteiger partial charge in [-0.25, -0.2) is 0 Å². The van der Waals surface area contributed by atoms with Crippen LogP contribution in [-0.2, 0) is 0 Å². The third kappa shape index (κ3) is 2.96. The summed E-state index contributed by atoms with van der Waals surface area (Å²) in [7, 11) is -0.702. The first-order valence-electron chi connectivity index (χ1n) is 9.25. The number of rotatable bonds is 1. The van der Waals surface area contributed by atoms with E-state index < -0.39 is 0 Å². The molecule has 0 N–H and O–H groups in total. The second-order valence-corrected chi connectivity index (χ2v) is 14.9. The molecule has 0 aliphatic carbocycles. The molecule has 4 rings (SSSR count). The molecule has 2 aliphatic heterocycles. The molecule has 0 saturated carbocycles. The molecule has 2 nitrogen and oxygen atoms in total. The predicted octanol–water partition coefficient (Wildman–Crippen LogP) is 5.86. The van der Waals surface area contributed by atoms with Crippen molar-refractivity contribution < 1.29 is 9.47 Å². The number of ether oxygens (including phenoxy) is 2. The van der Waals surface area contributed by atoms with Crippen molar-refractivity contribution in [2.75, 3.05) is 12.7 Å². The van der Waals surface area contributed by atoms with Crippen LogP contribution in [0.1, 0.15) is 41.5 Å². The van der Waals surface area contributed by atoms with Crippen LogP contribution in [0.3, 0.4) is 0 Å². The van der Waals surface area contributed by atoms with Crippen molar-refractivity contribution >= 4 is 26.5 Å². The minimum Gasteiger partial charge on any atom is -0.488 e. The van der Waals surface area contributed by atoms with E-state index in [2.05, 4.69) is 77.9 Å². The van der Waals surface area contributed by atoms with Crippen LogP contribution < -0.4 is 20.1 Å². The summed E-state index contributed by atoms with van der Waals surface area (Å²) in [5.41, 5.74) is 2.72. The fraction of sp³-hybridized carbons (Fsp3) is 0.455. The summed E-state index contributed by atoms with van der Waals surface area (Å²) in [6.07, 6.45) is 1.68. The van der Waals surface area contributed by atoms with Crippen LogP contribution in [-0.4, -0.2) is 23.0 Å². The van der Waals surface area contributed by atoms with Crippen LogP contribution in [0.25, 0.3) is 11.1 Å². The molecular weight excluding hydrogens is 358 g/mol. The van der Waals surface area contributed by atoms with E-state index in [1.807, 2.05) is 0 Å². The molecule has 2 heterocycles. The third-order valence-electron chi connectivity index (χ3n) is 5.15. The molecule has 0 amide bonds. The molecule has 2 aromatic rings. The first kappa shape index (κ1) is 18.3. The largest absolute Gasteiger partial charge is 0.488 e. The van der Waals surface area contributed by atoms with Crippen LogP contribution in [0.4, 0.5) is 0 Å². The van der Waals surface area contributed by atoms with Crippen molar-refractivity contribution in [2.45, 2.75) is 51.9 Å². The Labute approximate surface area is 159 Å². The molecule has 0 fully saturated rings. The lowest BCUT2D eigenvalue weighted by atomic mass is 10.0. The van der Waals surface area contributed by atoms with Gasteiger partial charge in [0.2, 0.25) is 0 Å². The smallest absolute Gasteiger partial charge is 0.128 e. The highest BCUT2D eigenvalue weighted by molar-refractivity contribution is 7.68. The van der Waals surface area contributed by atoms with Crippen molar-refractivity contribution in [3.05, 3.63) is 36.4 Å². The molecular formula is C22H28O2P2. The molecule has 0 bridgehead atoms. The lowest BCUT2D eigenvalue weighted by Crippen LogP contribution is -2.22. The first-order chi connectivity index (χ1) is 12.2. The van der Waals surface area contributed by atoms with Gasteiger partial charge >= 0.3 is 0 Å². The lowest BCUT2D eigenvalue weighted by Gasteiger charge is -2.30. The number of benzene rings is 2. The van der Waals surface area contributed by atoms with E-state index >= 15 is 0 Å². The Kier molecular flexibility index (Phi) is 4.37. The highest BCUT2D eigenvalue weighted by Crippen LogP contribution is 2.58. The van der Waals surface area contributed by atoms with Gasteiger partial charge in [-0.1, -0.05) is 65.8 Å². The maximum absolute atomic E-state index is 6.12. The molecule has 26 heavy (non-hydrogen) atoms. The van der Waals surface area contributed by atoms with Gasteiger partial charge in [0.15, 0.2) is 0 Å². The molecule has 0 radical (unpaired) electrons. The quantitative estimate of drug-likeness (QED) is 0.571. The van der Waals surface area contributed by atoms with E-state index in [4.69, 9.17) is 9.47 Å². The molecule has 0 spiro atoms. The Bertz CT molecular complexity index is 775. The zero-order valence-electron chi connectivity index (χ0n) is 16.6. The Balaban J connectivity index is 1.93. The minimum absolute atomic E-state index is 0.236. The third-order valence-corrected chi connectivity index (χ3v) is 11.2. The first-order valence-corrected chi connectivity index (χ1v) is 12.3. The van der Waals surface area contributed by atoms with E-state index in [0.717, 1.165) is 24.2 Å². The summed E-state index contributed by atoms with van der Waals surface area (Å²) in [5.74, 6) is 2.17. The van der Waals surface area contributed by atoms with Crippen molar-refractivity contribution in [2.24, 2.45) is 0 Å². The Morgan fingerprint density at radius 1 is 0.654 bits per heavy atom. The molecule has 0 aromatic heterocycles. The maximum Gasteiger partial charge on any atom is 0.128 e. The molecule has 2 aliphatic rings. The van der Waals surface area contributed by atoms with E-state index in [0.29, 0.717) is 0 Å². The van der Waals surface area contributed by atoms with Gasteiger partial charge in [-0.05, 0) is 49.4 Å². The van der Waals surface area contributed by atoms with Gasteiger partial charge in [0.1, 0.15) is 24.2 Å². The summed E-state index contributed by atoms with van der Waals surface area (Å²) < 4.78 is 12.2. The van der Waals surface area contributed by atoms with Gasteiger partial charge in [-0.15, -0.1) is 0 Å². The number of fused-ring (bicyclic) bond motifs is 2. The Morgan fingerprint density at radius 3 is 1.38 bits per heavy atom. The van der Waals surface area contributed by atoms with E-state index in [9.17, 15) is 0 Å². The number of hydrogen-bond donors (Lipinski definition) is 0. The average molecular weight is 386 g/mol. The fourth-order valence-electron chi connectivity index (χ4n) is 3.72. The summed E-state index contributed by atoms with van der Waals surface area (Å²) >= 11 is 0. The van der Waals surface area contributed by atoms with Crippen LogP contribution in [0, 0.1) is 0 Å². The summed E-state index contributed by atoms with van der Waals surface area (Å²) in [5, 5.41) is 3.36. The van der Waals surface area contributed by atoms with Crippen molar-refractivity contribution in [1.29, 1.82) is 0 Å². The standard InChI is InChI=1S/C22H28O2P2/c1-21(2,3)25-13-23-17-11-7-9-15(19(17)25)16-10-8-12-18-20(16)26(14-24-18)22(4,5)6/h7-12H,13-14H2,1-6H3/t25-,26-/m0/s1. The summed E-state index contributed by atoms with van der Waals surface area (Å²) in [4.78, 5) is 0. The number of hydrogen-bond acceptors (Lipinski definition) is 2. The van der Waals surface area contributed by atoms with Crippen molar-refractivity contribution in [1.82, 2.24) is 0 Å². The SMILES string of the molecule is CC(C)(C)[P@@]1COc2cccc(-c3cccc4c3[P@@](C(C)(C)C)CO4)c21. The minimum atomic E-state index is -0.351. The molecule has 2 aromatic carbocycles. The summed E-state index contributed by atoms with van der Waals surface area (Å²) in [6.45, 7) is 14.1. The molecule has 138 valence electrons. The van der Waals surface area contributed by atoms with E-state index in [-0.39, 0.29) is 26.2 Å². The molecule has 4 heteroatoms. The predicted molar refractivity (Wildman–Crippen MR) is 115 cm³/mol. The molecule has 0 saturated heterocycles.